The van der Waals surface area contributed by atoms with E-state index in [1.807, 2.05) is 0 Å². The van der Waals surface area contributed by atoms with Crippen LogP contribution >= 0.6 is 0 Å². The Morgan fingerprint density at radius 1 is 1.10 bits per heavy atom. The second-order valence-corrected chi connectivity index (χ2v) is 7.90. The fourth-order valence-corrected chi connectivity index (χ4v) is 4.83. The first-order valence-corrected chi connectivity index (χ1v) is 8.92. The quantitative estimate of drug-likeness (QED) is 0.759. The summed E-state index contributed by atoms with van der Waals surface area (Å²) in [6, 6.07) is 0. The van der Waals surface area contributed by atoms with Gasteiger partial charge in [0.1, 0.15) is 5.78 Å². The van der Waals surface area contributed by atoms with Crippen molar-refractivity contribution in [1.82, 2.24) is 4.90 Å². The summed E-state index contributed by atoms with van der Waals surface area (Å²) in [6.07, 6.45) is 13.2. The molecule has 1 saturated heterocycles. The number of likely N-dealkylation sites (tertiary alicyclic amines) is 1. The Balaban J connectivity index is 1.49. The molecule has 0 radical (unpaired) electrons. The van der Waals surface area contributed by atoms with Gasteiger partial charge >= 0.3 is 0 Å². The van der Waals surface area contributed by atoms with Gasteiger partial charge in [0.25, 0.3) is 0 Å². The van der Waals surface area contributed by atoms with Gasteiger partial charge in [-0.2, -0.15) is 0 Å². The van der Waals surface area contributed by atoms with Gasteiger partial charge in [0.05, 0.1) is 0 Å². The molecular weight excluding hydrogens is 246 g/mol. The number of hydrogen-bond donors (Lipinski definition) is 0. The predicted molar refractivity (Wildman–Crippen MR) is 82.7 cm³/mol. The Labute approximate surface area is 124 Å². The summed E-state index contributed by atoms with van der Waals surface area (Å²) < 4.78 is 0. The Kier molecular flexibility index (Phi) is 4.49. The Hall–Kier alpha value is -0.370. The molecule has 2 saturated carbocycles. The number of carbonyl (C=O) groups excluding carboxylic acids is 1. The number of hydrogen-bond acceptors (Lipinski definition) is 2. The van der Waals surface area contributed by atoms with Crippen LogP contribution in [0.5, 0.6) is 0 Å². The fraction of sp³-hybridized carbons (Fsp3) is 0.944. The molecule has 2 aliphatic carbocycles. The first kappa shape index (κ1) is 14.6. The highest BCUT2D eigenvalue weighted by atomic mass is 16.1. The van der Waals surface area contributed by atoms with Crippen LogP contribution in [0.3, 0.4) is 0 Å². The molecule has 2 unspecified atom stereocenters. The molecule has 114 valence electrons. The third kappa shape index (κ3) is 3.27. The normalized spacial score (nSPS) is 35.4. The van der Waals surface area contributed by atoms with E-state index in [2.05, 4.69) is 11.8 Å². The van der Waals surface area contributed by atoms with Gasteiger partial charge in [-0.05, 0) is 62.9 Å². The van der Waals surface area contributed by atoms with E-state index in [0.29, 0.717) is 17.1 Å². The van der Waals surface area contributed by atoms with Crippen molar-refractivity contribution in [3.8, 4) is 0 Å². The topological polar surface area (TPSA) is 20.3 Å². The SMILES string of the molecule is CC1CCC(=O)C(CN2CCC3(CCCCC3)CC2)C1. The van der Waals surface area contributed by atoms with Crippen LogP contribution in [-0.4, -0.2) is 30.3 Å². The van der Waals surface area contributed by atoms with E-state index in [1.165, 1.54) is 58.0 Å². The lowest BCUT2D eigenvalue weighted by atomic mass is 9.68. The van der Waals surface area contributed by atoms with E-state index < -0.39 is 0 Å². The van der Waals surface area contributed by atoms with Crippen molar-refractivity contribution in [3.63, 3.8) is 0 Å². The summed E-state index contributed by atoms with van der Waals surface area (Å²) in [5, 5.41) is 0. The third-order valence-electron chi connectivity index (χ3n) is 6.34. The van der Waals surface area contributed by atoms with E-state index >= 15 is 0 Å². The van der Waals surface area contributed by atoms with Crippen molar-refractivity contribution in [3.05, 3.63) is 0 Å². The van der Waals surface area contributed by atoms with Crippen LogP contribution in [0.2, 0.25) is 0 Å². The standard InChI is InChI=1S/C18H31NO/c1-15-5-6-17(20)16(13-15)14-19-11-9-18(10-12-19)7-3-2-4-8-18/h15-16H,2-14H2,1H3. The molecule has 3 fully saturated rings. The van der Waals surface area contributed by atoms with Crippen LogP contribution in [0.15, 0.2) is 0 Å². The first-order valence-electron chi connectivity index (χ1n) is 8.92. The number of rotatable bonds is 2. The van der Waals surface area contributed by atoms with Crippen molar-refractivity contribution in [1.29, 1.82) is 0 Å². The summed E-state index contributed by atoms with van der Waals surface area (Å²) in [7, 11) is 0. The van der Waals surface area contributed by atoms with Gasteiger partial charge in [-0.15, -0.1) is 0 Å². The predicted octanol–water partition coefficient (Wildman–Crippen LogP) is 4.04. The zero-order valence-corrected chi connectivity index (χ0v) is 13.2. The maximum absolute atomic E-state index is 12.1. The fourth-order valence-electron chi connectivity index (χ4n) is 4.83. The minimum absolute atomic E-state index is 0.346. The second kappa shape index (κ2) is 6.17. The average Bonchev–Trinajstić information content (AvgIpc) is 2.47. The molecule has 2 nitrogen and oxygen atoms in total. The Bertz CT molecular complexity index is 335. The number of piperidine rings is 1. The van der Waals surface area contributed by atoms with Gasteiger partial charge in [-0.1, -0.05) is 26.2 Å². The van der Waals surface area contributed by atoms with Gasteiger partial charge < -0.3 is 4.90 Å². The van der Waals surface area contributed by atoms with Crippen LogP contribution in [0, 0.1) is 17.3 Å². The maximum atomic E-state index is 12.1. The van der Waals surface area contributed by atoms with E-state index in [1.54, 1.807) is 0 Å². The molecule has 1 heterocycles. The minimum Gasteiger partial charge on any atom is -0.303 e. The zero-order chi connectivity index (χ0) is 14.0. The molecule has 0 bridgehead atoms. The molecular formula is C18H31NO. The van der Waals surface area contributed by atoms with Crippen LogP contribution in [-0.2, 0) is 4.79 Å². The van der Waals surface area contributed by atoms with E-state index in [9.17, 15) is 4.79 Å². The summed E-state index contributed by atoms with van der Waals surface area (Å²) in [5.41, 5.74) is 0.693. The molecule has 0 N–H and O–H groups in total. The molecule has 1 spiro atoms. The van der Waals surface area contributed by atoms with Gasteiger partial charge in [0.15, 0.2) is 0 Å². The van der Waals surface area contributed by atoms with Crippen molar-refractivity contribution in [2.45, 2.75) is 71.1 Å². The van der Waals surface area contributed by atoms with Gasteiger partial charge in [0, 0.05) is 18.9 Å². The lowest BCUT2D eigenvalue weighted by molar-refractivity contribution is -0.126. The molecule has 2 heteroatoms. The van der Waals surface area contributed by atoms with E-state index in [4.69, 9.17) is 0 Å². The average molecular weight is 277 g/mol. The van der Waals surface area contributed by atoms with Crippen molar-refractivity contribution >= 4 is 5.78 Å². The lowest BCUT2D eigenvalue weighted by Crippen LogP contribution is -2.44. The molecule has 20 heavy (non-hydrogen) atoms. The van der Waals surface area contributed by atoms with Gasteiger partial charge in [0.2, 0.25) is 0 Å². The zero-order valence-electron chi connectivity index (χ0n) is 13.2. The van der Waals surface area contributed by atoms with Crippen molar-refractivity contribution in [2.24, 2.45) is 17.3 Å². The molecule has 0 aromatic carbocycles. The van der Waals surface area contributed by atoms with Gasteiger partial charge in [-0.25, -0.2) is 0 Å². The molecule has 3 rings (SSSR count). The van der Waals surface area contributed by atoms with Crippen LogP contribution in [0.25, 0.3) is 0 Å². The molecule has 0 aromatic heterocycles. The van der Waals surface area contributed by atoms with Crippen molar-refractivity contribution < 1.29 is 4.79 Å². The number of Topliss-reactive ketones (excluding diaryl/α,β-unsaturated/α-hetero) is 1. The third-order valence-corrected chi connectivity index (χ3v) is 6.34. The summed E-state index contributed by atoms with van der Waals surface area (Å²) >= 11 is 0. The molecule has 0 aromatic rings. The monoisotopic (exact) mass is 277 g/mol. The highest BCUT2D eigenvalue weighted by Crippen LogP contribution is 2.44. The van der Waals surface area contributed by atoms with Crippen LogP contribution in [0.4, 0.5) is 0 Å². The molecule has 0 amide bonds. The van der Waals surface area contributed by atoms with E-state index in [-0.39, 0.29) is 0 Å². The summed E-state index contributed by atoms with van der Waals surface area (Å²) in [4.78, 5) is 14.7. The summed E-state index contributed by atoms with van der Waals surface area (Å²) in [6.45, 7) is 5.86. The molecule has 3 aliphatic rings. The van der Waals surface area contributed by atoms with Crippen LogP contribution < -0.4 is 0 Å². The highest BCUT2D eigenvalue weighted by molar-refractivity contribution is 5.81. The molecule has 1 aliphatic heterocycles. The van der Waals surface area contributed by atoms with Crippen molar-refractivity contribution in [2.75, 3.05) is 19.6 Å². The second-order valence-electron chi connectivity index (χ2n) is 7.90. The minimum atomic E-state index is 0.346. The highest BCUT2D eigenvalue weighted by Gasteiger charge is 2.36. The molecule has 2 atom stereocenters. The first-order chi connectivity index (χ1) is 9.67. The lowest BCUT2D eigenvalue weighted by Gasteiger charge is -2.45. The smallest absolute Gasteiger partial charge is 0.137 e. The van der Waals surface area contributed by atoms with Gasteiger partial charge in [-0.3, -0.25) is 4.79 Å². The number of carbonyl (C=O) groups is 1. The Morgan fingerprint density at radius 3 is 2.50 bits per heavy atom. The Morgan fingerprint density at radius 2 is 1.80 bits per heavy atom. The largest absolute Gasteiger partial charge is 0.303 e. The number of ketones is 1. The maximum Gasteiger partial charge on any atom is 0.137 e. The van der Waals surface area contributed by atoms with E-state index in [0.717, 1.165) is 31.7 Å². The summed E-state index contributed by atoms with van der Waals surface area (Å²) in [5.74, 6) is 1.65. The number of nitrogens with zero attached hydrogens (tertiary/aromatic N) is 1. The van der Waals surface area contributed by atoms with Crippen LogP contribution in [0.1, 0.15) is 71.1 Å².